The molecular formula is C12H17BrO3. The van der Waals surface area contributed by atoms with Crippen molar-refractivity contribution in [3.8, 4) is 11.5 Å². The third kappa shape index (κ3) is 3.12. The highest BCUT2D eigenvalue weighted by Crippen LogP contribution is 2.36. The molecule has 16 heavy (non-hydrogen) atoms. The summed E-state index contributed by atoms with van der Waals surface area (Å²) in [4.78, 5) is 0. The highest BCUT2D eigenvalue weighted by Gasteiger charge is 2.14. The Morgan fingerprint density at radius 1 is 1.19 bits per heavy atom. The van der Waals surface area contributed by atoms with E-state index in [1.54, 1.807) is 26.2 Å². The molecule has 1 atom stereocenters. The predicted molar refractivity (Wildman–Crippen MR) is 67.1 cm³/mol. The first-order chi connectivity index (χ1) is 7.45. The summed E-state index contributed by atoms with van der Waals surface area (Å²) < 4.78 is 11.7. The van der Waals surface area contributed by atoms with Gasteiger partial charge in [0.2, 0.25) is 0 Å². The van der Waals surface area contributed by atoms with Gasteiger partial charge in [-0.2, -0.15) is 0 Å². The molecule has 0 amide bonds. The molecule has 1 unspecified atom stereocenters. The second kappa shape index (κ2) is 5.55. The van der Waals surface area contributed by atoms with Crippen LogP contribution in [0.25, 0.3) is 0 Å². The van der Waals surface area contributed by atoms with Crippen LogP contribution in [0.2, 0.25) is 0 Å². The highest BCUT2D eigenvalue weighted by molar-refractivity contribution is 9.10. The lowest BCUT2D eigenvalue weighted by molar-refractivity contribution is 0.195. The molecule has 0 fully saturated rings. The molecule has 1 aromatic carbocycles. The van der Waals surface area contributed by atoms with E-state index in [1.807, 2.05) is 13.8 Å². The third-order valence-electron chi connectivity index (χ3n) is 2.10. The lowest BCUT2D eigenvalue weighted by Gasteiger charge is -2.17. The van der Waals surface area contributed by atoms with Gasteiger partial charge in [-0.15, -0.1) is 0 Å². The van der Waals surface area contributed by atoms with E-state index >= 15 is 0 Å². The average molecular weight is 289 g/mol. The first kappa shape index (κ1) is 13.3. The predicted octanol–water partition coefficient (Wildman–Crippen LogP) is 3.30. The van der Waals surface area contributed by atoms with Crippen LogP contribution in [0.3, 0.4) is 0 Å². The summed E-state index contributed by atoms with van der Waals surface area (Å²) in [6.45, 7) is 5.61. The fourth-order valence-electron chi connectivity index (χ4n) is 1.38. The normalized spacial score (nSPS) is 12.7. The SMILES string of the molecule is COc1cc(Br)c(C(C)O)cc1OC(C)C. The summed E-state index contributed by atoms with van der Waals surface area (Å²) in [5.41, 5.74) is 0.788. The zero-order chi connectivity index (χ0) is 12.3. The molecule has 0 aromatic heterocycles. The number of aliphatic hydroxyl groups excluding tert-OH is 1. The van der Waals surface area contributed by atoms with Crippen LogP contribution >= 0.6 is 15.9 Å². The van der Waals surface area contributed by atoms with Crippen molar-refractivity contribution in [3.63, 3.8) is 0 Å². The highest BCUT2D eigenvalue weighted by atomic mass is 79.9. The van der Waals surface area contributed by atoms with Crippen LogP contribution in [0.1, 0.15) is 32.4 Å². The summed E-state index contributed by atoms with van der Waals surface area (Å²) in [6.07, 6.45) is -0.480. The van der Waals surface area contributed by atoms with E-state index < -0.39 is 6.10 Å². The van der Waals surface area contributed by atoms with Gasteiger partial charge in [-0.25, -0.2) is 0 Å². The fourth-order valence-corrected chi connectivity index (χ4v) is 2.03. The van der Waals surface area contributed by atoms with Crippen LogP contribution in [0.4, 0.5) is 0 Å². The number of hydrogen-bond donors (Lipinski definition) is 1. The lowest BCUT2D eigenvalue weighted by atomic mass is 10.1. The first-order valence-electron chi connectivity index (χ1n) is 5.17. The second-order valence-corrected chi connectivity index (χ2v) is 4.72. The summed E-state index contributed by atoms with van der Waals surface area (Å²) >= 11 is 3.39. The van der Waals surface area contributed by atoms with Crippen molar-refractivity contribution in [2.24, 2.45) is 0 Å². The zero-order valence-corrected chi connectivity index (χ0v) is 11.5. The molecular weight excluding hydrogens is 272 g/mol. The van der Waals surface area contributed by atoms with E-state index in [9.17, 15) is 5.11 Å². The minimum absolute atomic E-state index is 0.0666. The molecule has 0 saturated carbocycles. The minimum Gasteiger partial charge on any atom is -0.493 e. The van der Waals surface area contributed by atoms with Crippen LogP contribution in [-0.2, 0) is 0 Å². The molecule has 4 heteroatoms. The van der Waals surface area contributed by atoms with Crippen LogP contribution in [0, 0.1) is 0 Å². The van der Waals surface area contributed by atoms with Crippen LogP contribution in [0.5, 0.6) is 11.5 Å². The largest absolute Gasteiger partial charge is 0.493 e. The van der Waals surface area contributed by atoms with Crippen molar-refractivity contribution in [3.05, 3.63) is 22.2 Å². The Morgan fingerprint density at radius 3 is 2.25 bits per heavy atom. The van der Waals surface area contributed by atoms with E-state index in [4.69, 9.17) is 9.47 Å². The number of benzene rings is 1. The van der Waals surface area contributed by atoms with Crippen LogP contribution in [-0.4, -0.2) is 18.3 Å². The molecule has 0 bridgehead atoms. The zero-order valence-electron chi connectivity index (χ0n) is 9.95. The summed E-state index contributed by atoms with van der Waals surface area (Å²) in [5, 5.41) is 9.60. The van der Waals surface area contributed by atoms with E-state index in [0.29, 0.717) is 11.5 Å². The van der Waals surface area contributed by atoms with E-state index in [0.717, 1.165) is 10.0 Å². The quantitative estimate of drug-likeness (QED) is 0.924. The second-order valence-electron chi connectivity index (χ2n) is 3.87. The molecule has 90 valence electrons. The summed E-state index contributed by atoms with van der Waals surface area (Å²) in [6, 6.07) is 3.60. The van der Waals surface area contributed by atoms with Crippen molar-refractivity contribution >= 4 is 15.9 Å². The van der Waals surface area contributed by atoms with Gasteiger partial charge in [0, 0.05) is 4.47 Å². The Bertz CT molecular complexity index is 362. The molecule has 0 aliphatic heterocycles. The van der Waals surface area contributed by atoms with Crippen molar-refractivity contribution < 1.29 is 14.6 Å². The molecule has 0 aliphatic rings. The van der Waals surface area contributed by atoms with Gasteiger partial charge in [0.25, 0.3) is 0 Å². The average Bonchev–Trinajstić information content (AvgIpc) is 2.18. The van der Waals surface area contributed by atoms with Gasteiger partial charge in [-0.3, -0.25) is 0 Å². The van der Waals surface area contributed by atoms with Gasteiger partial charge >= 0.3 is 0 Å². The Morgan fingerprint density at radius 2 is 1.81 bits per heavy atom. The van der Waals surface area contributed by atoms with Crippen molar-refractivity contribution in [2.45, 2.75) is 33.0 Å². The lowest BCUT2D eigenvalue weighted by Crippen LogP contribution is -2.07. The smallest absolute Gasteiger partial charge is 0.161 e. The van der Waals surface area contributed by atoms with Crippen LogP contribution in [0.15, 0.2) is 16.6 Å². The number of hydrogen-bond acceptors (Lipinski definition) is 3. The molecule has 1 rings (SSSR count). The Balaban J connectivity index is 3.17. The fraction of sp³-hybridized carbons (Fsp3) is 0.500. The number of halogens is 1. The van der Waals surface area contributed by atoms with Gasteiger partial charge in [0.15, 0.2) is 11.5 Å². The van der Waals surface area contributed by atoms with E-state index in [1.165, 1.54) is 0 Å². The maximum absolute atomic E-state index is 9.60. The molecule has 0 heterocycles. The number of methoxy groups -OCH3 is 1. The van der Waals surface area contributed by atoms with E-state index in [2.05, 4.69) is 15.9 Å². The molecule has 0 spiro atoms. The van der Waals surface area contributed by atoms with Crippen LogP contribution < -0.4 is 9.47 Å². The minimum atomic E-state index is -0.546. The standard InChI is InChI=1S/C12H17BrO3/c1-7(2)16-12-5-9(8(3)14)10(13)6-11(12)15-4/h5-8,14H,1-4H3. The molecule has 0 radical (unpaired) electrons. The van der Waals surface area contributed by atoms with E-state index in [-0.39, 0.29) is 6.10 Å². The Kier molecular flexibility index (Phi) is 4.62. The molecule has 3 nitrogen and oxygen atoms in total. The van der Waals surface area contributed by atoms with Crippen molar-refractivity contribution in [1.29, 1.82) is 0 Å². The maximum Gasteiger partial charge on any atom is 0.161 e. The number of rotatable bonds is 4. The van der Waals surface area contributed by atoms with Gasteiger partial charge in [-0.05, 0) is 38.5 Å². The number of ether oxygens (including phenoxy) is 2. The van der Waals surface area contributed by atoms with Crippen molar-refractivity contribution in [1.82, 2.24) is 0 Å². The molecule has 1 N–H and O–H groups in total. The Hall–Kier alpha value is -0.740. The maximum atomic E-state index is 9.60. The molecule has 1 aromatic rings. The van der Waals surface area contributed by atoms with Gasteiger partial charge in [0.05, 0.1) is 19.3 Å². The topological polar surface area (TPSA) is 38.7 Å². The molecule has 0 saturated heterocycles. The van der Waals surface area contributed by atoms with Crippen molar-refractivity contribution in [2.75, 3.05) is 7.11 Å². The number of aliphatic hydroxyl groups is 1. The monoisotopic (exact) mass is 288 g/mol. The van der Waals surface area contributed by atoms with Gasteiger partial charge < -0.3 is 14.6 Å². The first-order valence-corrected chi connectivity index (χ1v) is 5.97. The summed E-state index contributed by atoms with van der Waals surface area (Å²) in [7, 11) is 1.59. The third-order valence-corrected chi connectivity index (χ3v) is 2.78. The van der Waals surface area contributed by atoms with Gasteiger partial charge in [0.1, 0.15) is 0 Å². The molecule has 0 aliphatic carbocycles. The summed E-state index contributed by atoms with van der Waals surface area (Å²) in [5.74, 6) is 1.31. The Labute approximate surface area is 105 Å². The van der Waals surface area contributed by atoms with Gasteiger partial charge in [-0.1, -0.05) is 15.9 Å².